The average Bonchev–Trinajstić information content (AvgIpc) is 3.10. The summed E-state index contributed by atoms with van der Waals surface area (Å²) in [7, 11) is 2.00. The molecule has 1 unspecified atom stereocenters. The molecule has 1 aliphatic heterocycles. The van der Waals surface area contributed by atoms with Crippen molar-refractivity contribution in [3.05, 3.63) is 47.5 Å². The SMILES string of the molecule is CN[C@](C)(CO[C@H]1[C@H](OC(C)=O)C[C@@]23COC[C@]1(C)[C@@H]2CC[C@H]1C3=CC[C@]2(C)[C@]1(C)CCC(C)[C@]2(C(=O)OCc1ccccc1)[C@H](C)C(C)C)C(C)C. The Labute approximate surface area is 321 Å². The number of benzene rings is 1. The zero-order valence-corrected chi connectivity index (χ0v) is 35.1. The quantitative estimate of drug-likeness (QED) is 0.179. The van der Waals surface area contributed by atoms with Crippen molar-refractivity contribution in [2.45, 2.75) is 139 Å². The Kier molecular flexibility index (Phi) is 11.0. The highest BCUT2D eigenvalue weighted by molar-refractivity contribution is 5.80. The van der Waals surface area contributed by atoms with Gasteiger partial charge < -0.3 is 24.3 Å². The maximum absolute atomic E-state index is 15.1. The molecule has 12 atom stereocenters. The lowest BCUT2D eigenvalue weighted by Crippen LogP contribution is -2.71. The molecule has 2 bridgehead atoms. The molecule has 6 rings (SSSR count). The molecular weight excluding hydrogens is 663 g/mol. The summed E-state index contributed by atoms with van der Waals surface area (Å²) in [6.07, 6.45) is 7.63. The summed E-state index contributed by atoms with van der Waals surface area (Å²) in [6, 6.07) is 10.1. The fourth-order valence-electron chi connectivity index (χ4n) is 13.2. The number of likely N-dealkylation sites (N-methyl/N-ethyl adjacent to an activating group) is 1. The fraction of sp³-hybridized carbons (Fsp3) is 0.783. The summed E-state index contributed by atoms with van der Waals surface area (Å²) in [5.74, 6) is 1.34. The van der Waals surface area contributed by atoms with Gasteiger partial charge in [-0.1, -0.05) is 104 Å². The minimum Gasteiger partial charge on any atom is -0.460 e. The minimum absolute atomic E-state index is 0.0247. The predicted molar refractivity (Wildman–Crippen MR) is 210 cm³/mol. The van der Waals surface area contributed by atoms with Crippen LogP contribution >= 0.6 is 0 Å². The molecule has 1 saturated heterocycles. The zero-order chi connectivity index (χ0) is 38.8. The van der Waals surface area contributed by atoms with Crippen molar-refractivity contribution in [3.8, 4) is 0 Å². The number of nitrogens with one attached hydrogen (secondary N) is 1. The van der Waals surface area contributed by atoms with Gasteiger partial charge in [-0.05, 0) is 104 Å². The fourth-order valence-corrected chi connectivity index (χ4v) is 13.2. The van der Waals surface area contributed by atoms with Gasteiger partial charge in [-0.3, -0.25) is 9.59 Å². The van der Waals surface area contributed by atoms with Gasteiger partial charge in [0.05, 0.1) is 25.2 Å². The molecule has 0 aromatic heterocycles. The first-order chi connectivity index (χ1) is 24.9. The van der Waals surface area contributed by atoms with Gasteiger partial charge in [0.25, 0.3) is 0 Å². The van der Waals surface area contributed by atoms with Gasteiger partial charge >= 0.3 is 11.9 Å². The van der Waals surface area contributed by atoms with Crippen LogP contribution in [0.5, 0.6) is 0 Å². The average molecular weight is 734 g/mol. The van der Waals surface area contributed by atoms with Crippen LogP contribution in [0.15, 0.2) is 42.0 Å². The van der Waals surface area contributed by atoms with Gasteiger partial charge in [0, 0.05) is 23.3 Å². The maximum Gasteiger partial charge on any atom is 0.313 e. The zero-order valence-electron chi connectivity index (χ0n) is 35.1. The van der Waals surface area contributed by atoms with Crippen LogP contribution in [0.2, 0.25) is 0 Å². The van der Waals surface area contributed by atoms with Crippen LogP contribution < -0.4 is 5.32 Å². The molecule has 4 fully saturated rings. The summed E-state index contributed by atoms with van der Waals surface area (Å²) >= 11 is 0. The van der Waals surface area contributed by atoms with Crippen molar-refractivity contribution >= 4 is 11.9 Å². The summed E-state index contributed by atoms with van der Waals surface area (Å²) in [5, 5.41) is 3.51. The maximum atomic E-state index is 15.1. The van der Waals surface area contributed by atoms with Crippen LogP contribution in [-0.4, -0.2) is 56.6 Å². The number of fused-ring (bicyclic) bond motifs is 3. The monoisotopic (exact) mass is 734 g/mol. The second kappa shape index (κ2) is 14.4. The van der Waals surface area contributed by atoms with E-state index in [0.717, 1.165) is 37.7 Å². The Balaban J connectivity index is 1.42. The smallest absolute Gasteiger partial charge is 0.313 e. The molecular formula is C46H71NO6. The van der Waals surface area contributed by atoms with E-state index in [1.165, 1.54) is 12.5 Å². The third kappa shape index (κ3) is 5.99. The highest BCUT2D eigenvalue weighted by Gasteiger charge is 2.74. The van der Waals surface area contributed by atoms with Crippen LogP contribution in [0, 0.1) is 62.6 Å². The molecule has 7 heteroatoms. The second-order valence-electron chi connectivity index (χ2n) is 19.8. The van der Waals surface area contributed by atoms with Gasteiger partial charge in [-0.2, -0.15) is 0 Å². The van der Waals surface area contributed by atoms with Gasteiger partial charge in [-0.15, -0.1) is 0 Å². The third-order valence-corrected chi connectivity index (χ3v) is 17.0. The second-order valence-corrected chi connectivity index (χ2v) is 19.8. The number of rotatable bonds is 11. The lowest BCUT2D eigenvalue weighted by molar-refractivity contribution is -0.272. The van der Waals surface area contributed by atoms with E-state index in [-0.39, 0.29) is 63.2 Å². The van der Waals surface area contributed by atoms with E-state index >= 15 is 4.79 Å². The van der Waals surface area contributed by atoms with E-state index in [4.69, 9.17) is 18.9 Å². The molecule has 5 aliphatic rings. The molecule has 4 aliphatic carbocycles. The van der Waals surface area contributed by atoms with Crippen LogP contribution in [0.3, 0.4) is 0 Å². The molecule has 1 heterocycles. The Bertz CT molecular complexity index is 1540. The number of ether oxygens (including phenoxy) is 4. The lowest BCUT2D eigenvalue weighted by atomic mass is 9.32. The van der Waals surface area contributed by atoms with E-state index in [2.05, 4.69) is 80.6 Å². The molecule has 1 aromatic rings. The Morgan fingerprint density at radius 2 is 1.72 bits per heavy atom. The highest BCUT2D eigenvalue weighted by atomic mass is 16.6. The molecule has 1 N–H and O–H groups in total. The molecule has 0 radical (unpaired) electrons. The normalized spacial score (nSPS) is 40.9. The number of carbonyl (C=O) groups is 2. The number of carbonyl (C=O) groups excluding carboxylic acids is 2. The molecule has 0 amide bonds. The third-order valence-electron chi connectivity index (χ3n) is 17.0. The molecule has 0 spiro atoms. The molecule has 296 valence electrons. The van der Waals surface area contributed by atoms with Crippen LogP contribution in [0.1, 0.15) is 120 Å². The van der Waals surface area contributed by atoms with Crippen molar-refractivity contribution in [1.29, 1.82) is 0 Å². The van der Waals surface area contributed by atoms with Crippen LogP contribution in [-0.2, 0) is 35.1 Å². The van der Waals surface area contributed by atoms with Crippen LogP contribution in [0.25, 0.3) is 0 Å². The molecule has 1 aromatic carbocycles. The Morgan fingerprint density at radius 3 is 2.34 bits per heavy atom. The van der Waals surface area contributed by atoms with E-state index in [0.29, 0.717) is 56.5 Å². The first kappa shape index (κ1) is 40.4. The summed E-state index contributed by atoms with van der Waals surface area (Å²) < 4.78 is 26.5. The van der Waals surface area contributed by atoms with Crippen molar-refractivity contribution < 1.29 is 28.5 Å². The van der Waals surface area contributed by atoms with E-state index < -0.39 is 5.41 Å². The van der Waals surface area contributed by atoms with Crippen LogP contribution in [0.4, 0.5) is 0 Å². The lowest BCUT2D eigenvalue weighted by Gasteiger charge is -2.72. The largest absolute Gasteiger partial charge is 0.460 e. The number of allylic oxidation sites excluding steroid dienone is 1. The topological polar surface area (TPSA) is 83.1 Å². The minimum atomic E-state index is -0.654. The van der Waals surface area contributed by atoms with Crippen molar-refractivity contribution in [2.24, 2.45) is 62.6 Å². The first-order valence-electron chi connectivity index (χ1n) is 20.8. The molecule has 53 heavy (non-hydrogen) atoms. The first-order valence-corrected chi connectivity index (χ1v) is 20.8. The summed E-state index contributed by atoms with van der Waals surface area (Å²) in [4.78, 5) is 27.9. The number of hydrogen-bond donors (Lipinski definition) is 1. The standard InChI is InChI=1S/C46H71NO6/c1-29(2)32(6)46(40(49)51-25-34-16-14-13-15-17-34)31(5)20-22-42(9)35-18-19-38-41(8)26-50-28-45(38,36(35)21-23-44(42,46)11)24-37(53-33(7)48)39(41)52-27-43(10,47-12)30(3)4/h13-17,21,29-32,35,37-39,47H,18-20,22-28H2,1-12H3/t31?,32-,35+,37-,38+,39+,41-,42-,43-,44-,45+,46-/m1/s1. The summed E-state index contributed by atoms with van der Waals surface area (Å²) in [6.45, 7) is 26.7. The van der Waals surface area contributed by atoms with Gasteiger partial charge in [-0.25, -0.2) is 0 Å². The van der Waals surface area contributed by atoms with Crippen molar-refractivity contribution in [2.75, 3.05) is 26.9 Å². The van der Waals surface area contributed by atoms with Gasteiger partial charge in [0.15, 0.2) is 0 Å². The Morgan fingerprint density at radius 1 is 1.02 bits per heavy atom. The number of esters is 2. The Hall–Kier alpha value is -2.22. The highest BCUT2D eigenvalue weighted by Crippen LogP contribution is 2.76. The summed E-state index contributed by atoms with van der Waals surface area (Å²) in [5.41, 5.74) is 0.605. The van der Waals surface area contributed by atoms with Crippen molar-refractivity contribution in [1.82, 2.24) is 5.32 Å². The molecule has 7 nitrogen and oxygen atoms in total. The predicted octanol–water partition coefficient (Wildman–Crippen LogP) is 9.18. The van der Waals surface area contributed by atoms with Crippen molar-refractivity contribution in [3.63, 3.8) is 0 Å². The van der Waals surface area contributed by atoms with E-state index in [9.17, 15) is 4.79 Å². The van der Waals surface area contributed by atoms with E-state index in [1.807, 2.05) is 37.4 Å². The number of hydrogen-bond acceptors (Lipinski definition) is 7. The molecule has 3 saturated carbocycles. The van der Waals surface area contributed by atoms with Gasteiger partial charge in [0.2, 0.25) is 0 Å². The van der Waals surface area contributed by atoms with E-state index in [1.54, 1.807) is 0 Å². The van der Waals surface area contributed by atoms with Gasteiger partial charge in [0.1, 0.15) is 18.8 Å².